The Morgan fingerprint density at radius 3 is 2.14 bits per heavy atom. The maximum Gasteiger partial charge on any atom is 0.244 e. The van der Waals surface area contributed by atoms with Crippen LogP contribution in [-0.4, -0.2) is 42.9 Å². The van der Waals surface area contributed by atoms with Gasteiger partial charge in [-0.2, -0.15) is 0 Å². The summed E-state index contributed by atoms with van der Waals surface area (Å²) in [6, 6.07) is 2.94. The number of rotatable bonds is 4. The molecule has 1 aliphatic carbocycles. The van der Waals surface area contributed by atoms with E-state index in [1.807, 2.05) is 0 Å². The fourth-order valence-electron chi connectivity index (χ4n) is 3.22. The van der Waals surface area contributed by atoms with Crippen LogP contribution in [0.3, 0.4) is 0 Å². The summed E-state index contributed by atoms with van der Waals surface area (Å²) in [6.45, 7) is 0. The van der Waals surface area contributed by atoms with Crippen LogP contribution >= 0.6 is 0 Å². The van der Waals surface area contributed by atoms with E-state index in [0.29, 0.717) is 0 Å². The third-order valence-corrected chi connectivity index (χ3v) is 4.49. The van der Waals surface area contributed by atoms with Gasteiger partial charge in [0, 0.05) is 13.1 Å². The lowest BCUT2D eigenvalue weighted by Crippen LogP contribution is -2.45. The largest absolute Gasteiger partial charge is 0.341 e. The quantitative estimate of drug-likeness (QED) is 0.851. The van der Waals surface area contributed by atoms with E-state index in [1.54, 1.807) is 30.9 Å². The van der Waals surface area contributed by atoms with Crippen molar-refractivity contribution in [1.82, 2.24) is 9.80 Å². The van der Waals surface area contributed by atoms with Crippen molar-refractivity contribution < 1.29 is 13.6 Å². The third kappa shape index (κ3) is 3.46. The van der Waals surface area contributed by atoms with Gasteiger partial charge >= 0.3 is 0 Å². The molecule has 1 atom stereocenters. The molecule has 122 valence electrons. The van der Waals surface area contributed by atoms with Crippen LogP contribution in [0.5, 0.6) is 0 Å². The molecule has 1 aromatic rings. The van der Waals surface area contributed by atoms with Crippen LogP contribution in [0.4, 0.5) is 8.78 Å². The third-order valence-electron chi connectivity index (χ3n) is 4.49. The average Bonchev–Trinajstić information content (AvgIpc) is 2.50. The Morgan fingerprint density at radius 1 is 1.09 bits per heavy atom. The van der Waals surface area contributed by atoms with Crippen LogP contribution in [0, 0.1) is 11.6 Å². The number of halogens is 2. The molecule has 1 saturated carbocycles. The Bertz CT molecular complexity index is 507. The second-order valence-electron chi connectivity index (χ2n) is 6.24. The lowest BCUT2D eigenvalue weighted by atomic mass is 9.93. The van der Waals surface area contributed by atoms with Crippen molar-refractivity contribution in [3.05, 3.63) is 35.4 Å². The predicted octanol–water partition coefficient (Wildman–Crippen LogP) is 3.36. The van der Waals surface area contributed by atoms with E-state index >= 15 is 0 Å². The highest BCUT2D eigenvalue weighted by molar-refractivity contribution is 5.83. The number of hydrogen-bond acceptors (Lipinski definition) is 2. The van der Waals surface area contributed by atoms with Gasteiger partial charge in [0.15, 0.2) is 0 Å². The average molecular weight is 310 g/mol. The van der Waals surface area contributed by atoms with Crippen LogP contribution < -0.4 is 0 Å². The van der Waals surface area contributed by atoms with Crippen molar-refractivity contribution in [2.45, 2.75) is 44.2 Å². The fourth-order valence-corrected chi connectivity index (χ4v) is 3.22. The van der Waals surface area contributed by atoms with E-state index in [0.717, 1.165) is 25.7 Å². The summed E-state index contributed by atoms with van der Waals surface area (Å²) < 4.78 is 28.2. The molecular formula is C17H24F2N2O. The van der Waals surface area contributed by atoms with Gasteiger partial charge in [-0.1, -0.05) is 25.3 Å². The Labute approximate surface area is 130 Å². The molecule has 1 aliphatic rings. The maximum atomic E-state index is 14.1. The van der Waals surface area contributed by atoms with Gasteiger partial charge in [0.1, 0.15) is 17.7 Å². The Kier molecular flexibility index (Phi) is 5.51. The fraction of sp³-hybridized carbons (Fsp3) is 0.588. The smallest absolute Gasteiger partial charge is 0.244 e. The van der Waals surface area contributed by atoms with E-state index in [9.17, 15) is 13.6 Å². The molecular weight excluding hydrogens is 286 g/mol. The van der Waals surface area contributed by atoms with Crippen molar-refractivity contribution in [3.63, 3.8) is 0 Å². The minimum Gasteiger partial charge on any atom is -0.341 e. The second-order valence-corrected chi connectivity index (χ2v) is 6.24. The van der Waals surface area contributed by atoms with Gasteiger partial charge in [-0.25, -0.2) is 8.78 Å². The zero-order chi connectivity index (χ0) is 16.3. The van der Waals surface area contributed by atoms with Gasteiger partial charge in [-0.05, 0) is 39.1 Å². The Morgan fingerprint density at radius 2 is 1.64 bits per heavy atom. The predicted molar refractivity (Wildman–Crippen MR) is 82.4 cm³/mol. The normalized spacial score (nSPS) is 17.5. The Hall–Kier alpha value is -1.49. The van der Waals surface area contributed by atoms with Gasteiger partial charge in [0.25, 0.3) is 0 Å². The highest BCUT2D eigenvalue weighted by Gasteiger charge is 2.33. The molecule has 1 amide bonds. The zero-order valence-electron chi connectivity index (χ0n) is 13.5. The van der Waals surface area contributed by atoms with Gasteiger partial charge in [-0.3, -0.25) is 9.69 Å². The lowest BCUT2D eigenvalue weighted by molar-refractivity contribution is -0.138. The molecule has 0 spiro atoms. The molecule has 3 nitrogen and oxygen atoms in total. The molecule has 0 heterocycles. The summed E-state index contributed by atoms with van der Waals surface area (Å²) in [7, 11) is 5.08. The number of benzene rings is 1. The van der Waals surface area contributed by atoms with E-state index in [1.165, 1.54) is 24.6 Å². The molecule has 1 unspecified atom stereocenters. The van der Waals surface area contributed by atoms with Crippen LogP contribution in [0.25, 0.3) is 0 Å². The molecule has 1 aromatic carbocycles. The lowest BCUT2D eigenvalue weighted by Gasteiger charge is -2.35. The first-order valence-electron chi connectivity index (χ1n) is 7.80. The van der Waals surface area contributed by atoms with E-state index in [-0.39, 0.29) is 17.5 Å². The summed E-state index contributed by atoms with van der Waals surface area (Å²) in [6.07, 6.45) is 5.31. The first-order chi connectivity index (χ1) is 10.4. The Balaban J connectivity index is 2.29. The monoisotopic (exact) mass is 310 g/mol. The standard InChI is InChI=1S/C17H24F2N2O/c1-20(2)16(15-13(18)10-7-11-14(15)19)17(22)21(3)12-8-5-4-6-9-12/h7,10-12,16H,4-6,8-9H2,1-3H3. The first-order valence-corrected chi connectivity index (χ1v) is 7.80. The first kappa shape index (κ1) is 16.9. The highest BCUT2D eigenvalue weighted by Crippen LogP contribution is 2.29. The summed E-state index contributed by atoms with van der Waals surface area (Å²) in [5.41, 5.74) is -0.167. The summed E-state index contributed by atoms with van der Waals surface area (Å²) in [5, 5.41) is 0. The molecule has 0 N–H and O–H groups in total. The maximum absolute atomic E-state index is 14.1. The van der Waals surface area contributed by atoms with Crippen LogP contribution in [0.15, 0.2) is 18.2 Å². The highest BCUT2D eigenvalue weighted by atomic mass is 19.1. The van der Waals surface area contributed by atoms with Crippen LogP contribution in [0.2, 0.25) is 0 Å². The summed E-state index contributed by atoms with van der Waals surface area (Å²) in [4.78, 5) is 16.1. The molecule has 0 radical (unpaired) electrons. The van der Waals surface area contributed by atoms with Gasteiger partial charge < -0.3 is 4.90 Å². The minimum absolute atomic E-state index is 0.165. The van der Waals surface area contributed by atoms with E-state index < -0.39 is 17.7 Å². The van der Waals surface area contributed by atoms with E-state index in [4.69, 9.17) is 0 Å². The number of likely N-dealkylation sites (N-methyl/N-ethyl adjacent to an activating group) is 2. The van der Waals surface area contributed by atoms with E-state index in [2.05, 4.69) is 0 Å². The van der Waals surface area contributed by atoms with Gasteiger partial charge in [0.05, 0.1) is 5.56 Å². The topological polar surface area (TPSA) is 23.6 Å². The molecule has 0 aliphatic heterocycles. The number of hydrogen-bond donors (Lipinski definition) is 0. The number of carbonyl (C=O) groups excluding carboxylic acids is 1. The molecule has 5 heteroatoms. The number of nitrogens with zero attached hydrogens (tertiary/aromatic N) is 2. The zero-order valence-corrected chi connectivity index (χ0v) is 13.5. The van der Waals surface area contributed by atoms with Crippen LogP contribution in [-0.2, 0) is 4.79 Å². The number of carbonyl (C=O) groups is 1. The van der Waals surface area contributed by atoms with Crippen LogP contribution in [0.1, 0.15) is 43.7 Å². The molecule has 22 heavy (non-hydrogen) atoms. The van der Waals surface area contributed by atoms with Crippen molar-refractivity contribution in [2.24, 2.45) is 0 Å². The molecule has 0 aromatic heterocycles. The number of amides is 1. The van der Waals surface area contributed by atoms with Gasteiger partial charge in [-0.15, -0.1) is 0 Å². The van der Waals surface area contributed by atoms with Crippen molar-refractivity contribution in [1.29, 1.82) is 0 Å². The molecule has 1 fully saturated rings. The summed E-state index contributed by atoms with van der Waals surface area (Å²) in [5.74, 6) is -1.60. The second kappa shape index (κ2) is 7.18. The molecule has 2 rings (SSSR count). The SMILES string of the molecule is CN(C)C(C(=O)N(C)C1CCCCC1)c1c(F)cccc1F. The molecule has 0 bridgehead atoms. The summed E-state index contributed by atoms with van der Waals surface area (Å²) >= 11 is 0. The molecule has 0 saturated heterocycles. The van der Waals surface area contributed by atoms with Crippen molar-refractivity contribution in [3.8, 4) is 0 Å². The minimum atomic E-state index is -0.937. The van der Waals surface area contributed by atoms with Crippen molar-refractivity contribution >= 4 is 5.91 Å². The van der Waals surface area contributed by atoms with Crippen molar-refractivity contribution in [2.75, 3.05) is 21.1 Å². The van der Waals surface area contributed by atoms with Gasteiger partial charge in [0.2, 0.25) is 5.91 Å².